The molecular formula is C19H27ClN2O2. The third-order valence-electron chi connectivity index (χ3n) is 4.83. The molecule has 0 radical (unpaired) electrons. The minimum atomic E-state index is -0.140. The van der Waals surface area contributed by atoms with E-state index in [1.807, 2.05) is 18.2 Å². The van der Waals surface area contributed by atoms with Gasteiger partial charge in [-0.3, -0.25) is 4.79 Å². The Labute approximate surface area is 150 Å². The monoisotopic (exact) mass is 350 g/mol. The van der Waals surface area contributed by atoms with Crippen LogP contribution >= 0.6 is 12.4 Å². The minimum Gasteiger partial charge on any atom is -0.427 e. The molecule has 2 aromatic rings. The highest BCUT2D eigenvalue weighted by Gasteiger charge is 2.22. The summed E-state index contributed by atoms with van der Waals surface area (Å²) < 4.78 is 5.48. The van der Waals surface area contributed by atoms with Crippen LogP contribution in [0.5, 0.6) is 5.75 Å². The number of ether oxygens (including phenoxy) is 1. The Hall–Kier alpha value is -1.52. The van der Waals surface area contributed by atoms with Gasteiger partial charge in [0.15, 0.2) is 0 Å². The molecule has 0 saturated carbocycles. The van der Waals surface area contributed by atoms with Gasteiger partial charge in [-0.15, -0.1) is 12.4 Å². The molecule has 24 heavy (non-hydrogen) atoms. The Balaban J connectivity index is 0.00000208. The average molecular weight is 351 g/mol. The Bertz CT molecular complexity index is 683. The van der Waals surface area contributed by atoms with E-state index in [-0.39, 0.29) is 18.4 Å². The largest absolute Gasteiger partial charge is 0.427 e. The SMILES string of the molecule is CCCCC(=O)Oc1ccc2[nH]cc(CC3CCCN3C)c2c1.Cl. The Morgan fingerprint density at radius 1 is 1.42 bits per heavy atom. The zero-order valence-corrected chi connectivity index (χ0v) is 15.3. The molecule has 1 unspecified atom stereocenters. The Morgan fingerprint density at radius 3 is 2.96 bits per heavy atom. The van der Waals surface area contributed by atoms with Crippen LogP contribution in [0.25, 0.3) is 10.9 Å². The van der Waals surface area contributed by atoms with Crippen LogP contribution in [0, 0.1) is 0 Å². The molecule has 1 aromatic carbocycles. The van der Waals surface area contributed by atoms with Crippen molar-refractivity contribution < 1.29 is 9.53 Å². The number of fused-ring (bicyclic) bond motifs is 1. The van der Waals surface area contributed by atoms with Crippen molar-refractivity contribution in [1.82, 2.24) is 9.88 Å². The lowest BCUT2D eigenvalue weighted by Gasteiger charge is -2.18. The van der Waals surface area contributed by atoms with Crippen molar-refractivity contribution in [2.24, 2.45) is 0 Å². The van der Waals surface area contributed by atoms with Crippen LogP contribution in [0.3, 0.4) is 0 Å². The van der Waals surface area contributed by atoms with Gasteiger partial charge in [-0.25, -0.2) is 0 Å². The van der Waals surface area contributed by atoms with Crippen LogP contribution in [-0.2, 0) is 11.2 Å². The lowest BCUT2D eigenvalue weighted by Crippen LogP contribution is -2.26. The van der Waals surface area contributed by atoms with E-state index in [0.29, 0.717) is 18.2 Å². The maximum atomic E-state index is 11.8. The molecule has 1 atom stereocenters. The number of nitrogens with one attached hydrogen (secondary N) is 1. The highest BCUT2D eigenvalue weighted by molar-refractivity contribution is 5.86. The van der Waals surface area contributed by atoms with Gasteiger partial charge in [0.25, 0.3) is 0 Å². The first-order valence-corrected chi connectivity index (χ1v) is 8.68. The van der Waals surface area contributed by atoms with Gasteiger partial charge < -0.3 is 14.6 Å². The summed E-state index contributed by atoms with van der Waals surface area (Å²) in [6, 6.07) is 6.48. The number of nitrogens with zero attached hydrogens (tertiary/aromatic N) is 1. The second-order valence-electron chi connectivity index (χ2n) is 6.58. The van der Waals surface area contributed by atoms with Crippen molar-refractivity contribution in [2.75, 3.05) is 13.6 Å². The highest BCUT2D eigenvalue weighted by atomic mass is 35.5. The number of H-pyrrole nitrogens is 1. The molecule has 132 valence electrons. The maximum Gasteiger partial charge on any atom is 0.311 e. The van der Waals surface area contributed by atoms with Crippen LogP contribution in [0.4, 0.5) is 0 Å². The number of likely N-dealkylation sites (tertiary alicyclic amines) is 1. The summed E-state index contributed by atoms with van der Waals surface area (Å²) in [4.78, 5) is 17.6. The number of hydrogen-bond acceptors (Lipinski definition) is 3. The number of aromatic amines is 1. The van der Waals surface area contributed by atoms with Gasteiger partial charge >= 0.3 is 5.97 Å². The molecule has 1 aliphatic heterocycles. The number of rotatable bonds is 6. The quantitative estimate of drug-likeness (QED) is 0.623. The van der Waals surface area contributed by atoms with E-state index in [2.05, 4.69) is 30.1 Å². The molecule has 1 aliphatic rings. The van der Waals surface area contributed by atoms with Crippen molar-refractivity contribution in [3.05, 3.63) is 30.0 Å². The zero-order valence-electron chi connectivity index (χ0n) is 14.5. The van der Waals surface area contributed by atoms with Gasteiger partial charge in [-0.1, -0.05) is 13.3 Å². The van der Waals surface area contributed by atoms with Crippen LogP contribution in [-0.4, -0.2) is 35.5 Å². The molecule has 0 amide bonds. The van der Waals surface area contributed by atoms with E-state index < -0.39 is 0 Å². The number of likely N-dealkylation sites (N-methyl/N-ethyl adjacent to an activating group) is 1. The second kappa shape index (κ2) is 8.54. The topological polar surface area (TPSA) is 45.3 Å². The number of benzene rings is 1. The molecule has 2 heterocycles. The van der Waals surface area contributed by atoms with Gasteiger partial charge in [0.05, 0.1) is 0 Å². The van der Waals surface area contributed by atoms with E-state index in [1.165, 1.54) is 30.3 Å². The fraction of sp³-hybridized carbons (Fsp3) is 0.526. The van der Waals surface area contributed by atoms with Crippen molar-refractivity contribution in [3.8, 4) is 5.75 Å². The summed E-state index contributed by atoms with van der Waals surface area (Å²) in [6.07, 6.45) is 8.05. The lowest BCUT2D eigenvalue weighted by atomic mass is 10.0. The number of carbonyl (C=O) groups is 1. The summed E-state index contributed by atoms with van der Waals surface area (Å²) in [5.74, 6) is 0.512. The molecule has 0 spiro atoms. The summed E-state index contributed by atoms with van der Waals surface area (Å²) in [5.41, 5.74) is 2.42. The zero-order chi connectivity index (χ0) is 16.2. The fourth-order valence-corrected chi connectivity index (χ4v) is 3.38. The number of halogens is 1. The average Bonchev–Trinajstić information content (AvgIpc) is 3.13. The van der Waals surface area contributed by atoms with Crippen LogP contribution in [0.1, 0.15) is 44.6 Å². The van der Waals surface area contributed by atoms with E-state index >= 15 is 0 Å². The van der Waals surface area contributed by atoms with Gasteiger partial charge in [-0.05, 0) is 63.0 Å². The summed E-state index contributed by atoms with van der Waals surface area (Å²) in [5, 5.41) is 1.17. The van der Waals surface area contributed by atoms with E-state index in [0.717, 1.165) is 24.8 Å². The lowest BCUT2D eigenvalue weighted by molar-refractivity contribution is -0.134. The Morgan fingerprint density at radius 2 is 2.25 bits per heavy atom. The van der Waals surface area contributed by atoms with Crippen molar-refractivity contribution >= 4 is 29.3 Å². The number of esters is 1. The molecule has 0 bridgehead atoms. The van der Waals surface area contributed by atoms with Crippen LogP contribution in [0.2, 0.25) is 0 Å². The van der Waals surface area contributed by atoms with Crippen LogP contribution in [0.15, 0.2) is 24.4 Å². The fourth-order valence-electron chi connectivity index (χ4n) is 3.38. The standard InChI is InChI=1S/C19H26N2O2.ClH/c1-3-4-7-19(22)23-16-8-9-18-17(12-16)14(13-20-18)11-15-6-5-10-21(15)2;/h8-9,12-13,15,20H,3-7,10-11H2,1-2H3;1H. The molecule has 3 rings (SSSR count). The summed E-state index contributed by atoms with van der Waals surface area (Å²) in [6.45, 7) is 3.26. The summed E-state index contributed by atoms with van der Waals surface area (Å²) in [7, 11) is 2.20. The molecule has 0 aliphatic carbocycles. The van der Waals surface area contributed by atoms with E-state index in [4.69, 9.17) is 4.74 Å². The number of aromatic nitrogens is 1. The molecule has 4 nitrogen and oxygen atoms in total. The number of hydrogen-bond donors (Lipinski definition) is 1. The molecule has 5 heteroatoms. The highest BCUT2D eigenvalue weighted by Crippen LogP contribution is 2.27. The number of carbonyl (C=O) groups excluding carboxylic acids is 1. The van der Waals surface area contributed by atoms with Gasteiger partial charge in [0.2, 0.25) is 0 Å². The predicted molar refractivity (Wildman–Crippen MR) is 100 cm³/mol. The van der Waals surface area contributed by atoms with Gasteiger partial charge in [0.1, 0.15) is 5.75 Å². The molecule has 1 saturated heterocycles. The van der Waals surface area contributed by atoms with E-state index in [9.17, 15) is 4.79 Å². The van der Waals surface area contributed by atoms with Crippen molar-refractivity contribution in [1.29, 1.82) is 0 Å². The third kappa shape index (κ3) is 4.31. The minimum absolute atomic E-state index is 0. The first kappa shape index (κ1) is 18.8. The van der Waals surface area contributed by atoms with E-state index in [1.54, 1.807) is 0 Å². The van der Waals surface area contributed by atoms with Gasteiger partial charge in [-0.2, -0.15) is 0 Å². The van der Waals surface area contributed by atoms with Crippen molar-refractivity contribution in [3.63, 3.8) is 0 Å². The van der Waals surface area contributed by atoms with Gasteiger partial charge in [0, 0.05) is 29.6 Å². The normalized spacial score (nSPS) is 17.8. The molecular weight excluding hydrogens is 324 g/mol. The Kier molecular flexibility index (Phi) is 6.69. The molecule has 1 fully saturated rings. The predicted octanol–water partition coefficient (Wildman–Crippen LogP) is 4.32. The summed E-state index contributed by atoms with van der Waals surface area (Å²) >= 11 is 0. The third-order valence-corrected chi connectivity index (χ3v) is 4.83. The smallest absolute Gasteiger partial charge is 0.311 e. The van der Waals surface area contributed by atoms with Crippen LogP contribution < -0.4 is 4.74 Å². The second-order valence-corrected chi connectivity index (χ2v) is 6.58. The first-order valence-electron chi connectivity index (χ1n) is 8.68. The first-order chi connectivity index (χ1) is 11.2. The van der Waals surface area contributed by atoms with Crippen molar-refractivity contribution in [2.45, 2.75) is 51.5 Å². The number of unbranched alkanes of at least 4 members (excludes halogenated alkanes) is 1. The molecule has 1 aromatic heterocycles. The maximum absolute atomic E-state index is 11.8. The molecule has 1 N–H and O–H groups in total.